The molecule has 0 aliphatic heterocycles. The van der Waals surface area contributed by atoms with Gasteiger partial charge in [-0.05, 0) is 72.7 Å². The Labute approximate surface area is 296 Å². The molecule has 0 aromatic heterocycles. The smallest absolute Gasteiger partial charge is 0.272 e. The normalized spacial score (nSPS) is 11.7. The van der Waals surface area contributed by atoms with Crippen molar-refractivity contribution in [1.82, 2.24) is 5.32 Å². The maximum Gasteiger partial charge on any atom is 0.272 e. The van der Waals surface area contributed by atoms with Crippen LogP contribution in [0.1, 0.15) is 32.3 Å². The van der Waals surface area contributed by atoms with Crippen LogP contribution in [-0.2, 0) is 9.59 Å². The number of nitrogens with zero attached hydrogens (tertiary/aromatic N) is 1. The van der Waals surface area contributed by atoms with Crippen molar-refractivity contribution >= 4 is 75.8 Å². The van der Waals surface area contributed by atoms with Gasteiger partial charge in [-0.1, -0.05) is 83.9 Å². The second kappa shape index (κ2) is 16.1. The van der Waals surface area contributed by atoms with E-state index < -0.39 is 22.0 Å². The van der Waals surface area contributed by atoms with Crippen molar-refractivity contribution < 1.29 is 19.3 Å². The third-order valence-electron chi connectivity index (χ3n) is 7.21. The zero-order valence-corrected chi connectivity index (χ0v) is 28.2. The van der Waals surface area contributed by atoms with E-state index in [2.05, 4.69) is 16.0 Å². The average molecular weight is 712 g/mol. The van der Waals surface area contributed by atoms with E-state index >= 15 is 0 Å². The Morgan fingerprint density at radius 3 is 2.06 bits per heavy atom. The molecule has 5 aromatic rings. The Bertz CT molecular complexity index is 2020. The van der Waals surface area contributed by atoms with E-state index in [1.165, 1.54) is 30.0 Å². The van der Waals surface area contributed by atoms with Gasteiger partial charge in [0.1, 0.15) is 10.9 Å². The standard InChI is InChI=1S/C37H28Cl2N4O5S/c1-23-15-18-27(43(47)48)21-32(23)41-37(46)34(24-9-4-2-5-10-24)49-28-19-16-26(17-20-28)40-36(45)33(22-29-30(38)13-8-14-31(29)39)42-35(44)25-11-6-3-7-12-25/h2-22,34H,1H3,(H,40,45)(H,41,46)(H,42,44)/b33-22-. The zero-order chi connectivity index (χ0) is 34.9. The average Bonchev–Trinajstić information content (AvgIpc) is 3.10. The summed E-state index contributed by atoms with van der Waals surface area (Å²) in [5.74, 6) is -1.48. The van der Waals surface area contributed by atoms with Crippen LogP contribution < -0.4 is 16.0 Å². The van der Waals surface area contributed by atoms with Crippen LogP contribution in [0.25, 0.3) is 6.08 Å². The Balaban J connectivity index is 1.36. The van der Waals surface area contributed by atoms with Crippen molar-refractivity contribution in [3.8, 4) is 0 Å². The molecule has 0 aliphatic carbocycles. The number of thioether (sulfide) groups is 1. The minimum Gasteiger partial charge on any atom is -0.324 e. The van der Waals surface area contributed by atoms with Gasteiger partial charge in [0.05, 0.1) is 10.6 Å². The first kappa shape index (κ1) is 34.9. The highest BCUT2D eigenvalue weighted by atomic mass is 35.5. The van der Waals surface area contributed by atoms with Gasteiger partial charge in [-0.3, -0.25) is 24.5 Å². The number of anilines is 2. The van der Waals surface area contributed by atoms with Gasteiger partial charge < -0.3 is 16.0 Å². The number of hydrogen-bond donors (Lipinski definition) is 3. The van der Waals surface area contributed by atoms with Gasteiger partial charge in [-0.2, -0.15) is 0 Å². The van der Waals surface area contributed by atoms with E-state index in [0.717, 1.165) is 5.56 Å². The van der Waals surface area contributed by atoms with Gasteiger partial charge in [0.2, 0.25) is 5.91 Å². The number of nitrogens with one attached hydrogen (secondary N) is 3. The fourth-order valence-corrected chi connectivity index (χ4v) is 6.18. The number of nitro groups is 1. The van der Waals surface area contributed by atoms with Crippen LogP contribution in [-0.4, -0.2) is 22.6 Å². The van der Waals surface area contributed by atoms with Gasteiger partial charge in [0, 0.05) is 43.9 Å². The maximum absolute atomic E-state index is 13.6. The van der Waals surface area contributed by atoms with Crippen LogP contribution in [0.4, 0.5) is 17.1 Å². The highest BCUT2D eigenvalue weighted by Gasteiger charge is 2.24. The monoisotopic (exact) mass is 710 g/mol. The quantitative estimate of drug-likeness (QED) is 0.0543. The lowest BCUT2D eigenvalue weighted by Crippen LogP contribution is -2.30. The Morgan fingerprint density at radius 2 is 1.43 bits per heavy atom. The van der Waals surface area contributed by atoms with Crippen LogP contribution in [0.5, 0.6) is 0 Å². The van der Waals surface area contributed by atoms with Crippen LogP contribution in [0.3, 0.4) is 0 Å². The van der Waals surface area contributed by atoms with Crippen molar-refractivity contribution in [3.63, 3.8) is 0 Å². The molecule has 0 bridgehead atoms. The number of carbonyl (C=O) groups is 3. The van der Waals surface area contributed by atoms with E-state index in [1.54, 1.807) is 85.8 Å². The highest BCUT2D eigenvalue weighted by molar-refractivity contribution is 8.00. The molecule has 3 amide bonds. The summed E-state index contributed by atoms with van der Waals surface area (Å²) in [4.78, 5) is 51.7. The molecular weight excluding hydrogens is 683 g/mol. The molecule has 5 aromatic carbocycles. The zero-order valence-electron chi connectivity index (χ0n) is 25.9. The van der Waals surface area contributed by atoms with Crippen LogP contribution >= 0.6 is 35.0 Å². The number of amides is 3. The molecule has 1 unspecified atom stereocenters. The summed E-state index contributed by atoms with van der Waals surface area (Å²) in [6.07, 6.45) is 1.41. The molecule has 49 heavy (non-hydrogen) atoms. The van der Waals surface area contributed by atoms with Gasteiger partial charge in [0.15, 0.2) is 0 Å². The van der Waals surface area contributed by atoms with E-state index in [0.29, 0.717) is 43.0 Å². The summed E-state index contributed by atoms with van der Waals surface area (Å²) in [6, 6.07) is 33.7. The molecule has 0 aliphatic rings. The van der Waals surface area contributed by atoms with E-state index in [9.17, 15) is 24.5 Å². The van der Waals surface area contributed by atoms with Gasteiger partial charge >= 0.3 is 0 Å². The first-order valence-electron chi connectivity index (χ1n) is 14.8. The molecule has 246 valence electrons. The van der Waals surface area contributed by atoms with Crippen molar-refractivity contribution in [3.05, 3.63) is 169 Å². The van der Waals surface area contributed by atoms with E-state index in [-0.39, 0.29) is 17.3 Å². The number of rotatable bonds is 11. The van der Waals surface area contributed by atoms with Gasteiger partial charge in [-0.25, -0.2) is 0 Å². The lowest BCUT2D eigenvalue weighted by Gasteiger charge is -2.18. The number of non-ortho nitro benzene ring substituents is 1. The SMILES string of the molecule is Cc1ccc([N+](=O)[O-])cc1NC(=O)C(Sc1ccc(NC(=O)/C(=C/c2c(Cl)cccc2Cl)NC(=O)c2ccccc2)cc1)c1ccccc1. The lowest BCUT2D eigenvalue weighted by atomic mass is 10.1. The summed E-state index contributed by atoms with van der Waals surface area (Å²) >= 11 is 14.0. The molecule has 0 heterocycles. The van der Waals surface area contributed by atoms with Crippen LogP contribution in [0.15, 0.2) is 132 Å². The third-order valence-corrected chi connectivity index (χ3v) is 9.14. The summed E-state index contributed by atoms with van der Waals surface area (Å²) < 4.78 is 0. The molecule has 0 fully saturated rings. The summed E-state index contributed by atoms with van der Waals surface area (Å²) in [6.45, 7) is 1.76. The molecule has 12 heteroatoms. The minimum atomic E-state index is -0.705. The lowest BCUT2D eigenvalue weighted by molar-refractivity contribution is -0.384. The first-order valence-corrected chi connectivity index (χ1v) is 16.4. The predicted octanol–water partition coefficient (Wildman–Crippen LogP) is 9.09. The van der Waals surface area contributed by atoms with Crippen LogP contribution in [0.2, 0.25) is 10.0 Å². The minimum absolute atomic E-state index is 0.0837. The second-order valence-electron chi connectivity index (χ2n) is 10.6. The molecule has 3 N–H and O–H groups in total. The molecule has 9 nitrogen and oxygen atoms in total. The summed E-state index contributed by atoms with van der Waals surface area (Å²) in [5, 5.41) is 19.5. The molecule has 1 atom stereocenters. The number of halogens is 2. The third kappa shape index (κ3) is 9.14. The largest absolute Gasteiger partial charge is 0.324 e. The molecule has 5 rings (SSSR count). The van der Waals surface area contributed by atoms with E-state index in [4.69, 9.17) is 23.2 Å². The molecular formula is C37H28Cl2N4O5S. The van der Waals surface area contributed by atoms with Crippen molar-refractivity contribution in [2.75, 3.05) is 10.6 Å². The number of hydrogen-bond acceptors (Lipinski definition) is 6. The summed E-state index contributed by atoms with van der Waals surface area (Å²) in [5.41, 5.74) is 2.68. The fraction of sp³-hybridized carbons (Fsp3) is 0.0541. The number of benzene rings is 5. The summed E-state index contributed by atoms with van der Waals surface area (Å²) in [7, 11) is 0. The molecule has 0 spiro atoms. The second-order valence-corrected chi connectivity index (χ2v) is 12.6. The Kier molecular flexibility index (Phi) is 11.5. The van der Waals surface area contributed by atoms with Gasteiger partial charge in [0.25, 0.3) is 17.5 Å². The number of nitro benzene ring substituents is 1. The number of aryl methyl sites for hydroxylation is 1. The van der Waals surface area contributed by atoms with Crippen molar-refractivity contribution in [2.45, 2.75) is 17.1 Å². The molecule has 0 saturated heterocycles. The topological polar surface area (TPSA) is 130 Å². The fourth-order valence-electron chi connectivity index (χ4n) is 4.64. The Morgan fingerprint density at radius 1 is 0.796 bits per heavy atom. The van der Waals surface area contributed by atoms with Crippen molar-refractivity contribution in [1.29, 1.82) is 0 Å². The molecule has 0 radical (unpaired) electrons. The first-order chi connectivity index (χ1) is 23.6. The maximum atomic E-state index is 13.6. The van der Waals surface area contributed by atoms with Crippen molar-refractivity contribution in [2.24, 2.45) is 0 Å². The number of carbonyl (C=O) groups excluding carboxylic acids is 3. The van der Waals surface area contributed by atoms with E-state index in [1.807, 2.05) is 30.3 Å². The Hall–Kier alpha value is -5.42. The van der Waals surface area contributed by atoms with Gasteiger partial charge in [-0.15, -0.1) is 11.8 Å². The molecule has 0 saturated carbocycles. The highest BCUT2D eigenvalue weighted by Crippen LogP contribution is 2.37. The predicted molar refractivity (Wildman–Crippen MR) is 195 cm³/mol. The van der Waals surface area contributed by atoms with Crippen LogP contribution in [0, 0.1) is 17.0 Å².